The highest BCUT2D eigenvalue weighted by molar-refractivity contribution is 6.30. The Morgan fingerprint density at radius 1 is 1.43 bits per heavy atom. The lowest BCUT2D eigenvalue weighted by molar-refractivity contribution is 0.352. The molecule has 0 aliphatic heterocycles. The number of alkyl halides is 1. The zero-order valence-electron chi connectivity index (χ0n) is 8.26. The molecule has 76 valence electrons. The first-order chi connectivity index (χ1) is 6.68. The third-order valence-electron chi connectivity index (χ3n) is 2.68. The largest absolute Gasteiger partial charge is 0.250 e. The second kappa shape index (κ2) is 4.61. The molecule has 0 radical (unpaired) electrons. The first-order valence-electron chi connectivity index (χ1n) is 4.64. The maximum Gasteiger partial charge on any atom is 0.102 e. The van der Waals surface area contributed by atoms with Gasteiger partial charge in [0, 0.05) is 10.4 Å². The Morgan fingerprint density at radius 3 is 2.36 bits per heavy atom. The van der Waals surface area contributed by atoms with Crippen LogP contribution in [0.5, 0.6) is 0 Å². The van der Waals surface area contributed by atoms with E-state index in [0.717, 1.165) is 5.56 Å². The molecule has 0 fully saturated rings. The molecule has 14 heavy (non-hydrogen) atoms. The second-order valence-electron chi connectivity index (χ2n) is 3.35. The number of benzene rings is 1. The van der Waals surface area contributed by atoms with Crippen LogP contribution in [0.3, 0.4) is 0 Å². The van der Waals surface area contributed by atoms with Gasteiger partial charge in [-0.3, -0.25) is 0 Å². The van der Waals surface area contributed by atoms with E-state index >= 15 is 0 Å². The Morgan fingerprint density at radius 2 is 2.00 bits per heavy atom. The van der Waals surface area contributed by atoms with E-state index in [-0.39, 0.29) is 0 Å². The van der Waals surface area contributed by atoms with Crippen LogP contribution in [-0.4, -0.2) is 6.67 Å². The van der Waals surface area contributed by atoms with E-state index < -0.39 is 12.1 Å². The molecule has 1 atom stereocenters. The van der Waals surface area contributed by atoms with Crippen molar-refractivity contribution in [3.05, 3.63) is 47.5 Å². The SMILES string of the molecule is C=C[C@@](CC)(CF)c1ccc(Cl)cc1. The number of allylic oxidation sites excluding steroid dienone is 1. The molecule has 1 aromatic carbocycles. The van der Waals surface area contributed by atoms with Crippen molar-refractivity contribution in [2.75, 3.05) is 6.67 Å². The fraction of sp³-hybridized carbons (Fsp3) is 0.333. The molecular formula is C12H14ClF. The van der Waals surface area contributed by atoms with Gasteiger partial charge in [-0.05, 0) is 24.1 Å². The van der Waals surface area contributed by atoms with E-state index in [4.69, 9.17) is 11.6 Å². The third-order valence-corrected chi connectivity index (χ3v) is 2.93. The number of hydrogen-bond acceptors (Lipinski definition) is 0. The molecule has 1 rings (SSSR count). The molecule has 0 amide bonds. The normalized spacial score (nSPS) is 14.8. The van der Waals surface area contributed by atoms with Crippen LogP contribution < -0.4 is 0 Å². The lowest BCUT2D eigenvalue weighted by Crippen LogP contribution is -2.24. The van der Waals surface area contributed by atoms with E-state index in [2.05, 4.69) is 6.58 Å². The molecule has 0 unspecified atom stereocenters. The first-order valence-corrected chi connectivity index (χ1v) is 5.02. The Bertz CT molecular complexity index is 299. The van der Waals surface area contributed by atoms with Gasteiger partial charge >= 0.3 is 0 Å². The average molecular weight is 213 g/mol. The summed E-state index contributed by atoms with van der Waals surface area (Å²) in [7, 11) is 0. The zero-order chi connectivity index (χ0) is 10.6. The summed E-state index contributed by atoms with van der Waals surface area (Å²) in [6, 6.07) is 7.26. The minimum Gasteiger partial charge on any atom is -0.250 e. The summed E-state index contributed by atoms with van der Waals surface area (Å²) in [5.74, 6) is 0. The summed E-state index contributed by atoms with van der Waals surface area (Å²) in [5, 5.41) is 0.668. The van der Waals surface area contributed by atoms with E-state index in [1.54, 1.807) is 18.2 Å². The van der Waals surface area contributed by atoms with Crippen LogP contribution in [0, 0.1) is 0 Å². The fourth-order valence-electron chi connectivity index (χ4n) is 1.47. The summed E-state index contributed by atoms with van der Waals surface area (Å²) < 4.78 is 13.0. The van der Waals surface area contributed by atoms with Crippen LogP contribution in [0.15, 0.2) is 36.9 Å². The summed E-state index contributed by atoms with van der Waals surface area (Å²) in [6.45, 7) is 5.23. The lowest BCUT2D eigenvalue weighted by Gasteiger charge is -2.26. The summed E-state index contributed by atoms with van der Waals surface area (Å²) in [4.78, 5) is 0. The standard InChI is InChI=1S/C12H14ClF/c1-3-12(4-2,9-14)10-5-7-11(13)8-6-10/h3,5-8H,1,4,9H2,2H3/t12-/m1/s1. The molecule has 0 heterocycles. The van der Waals surface area contributed by atoms with Crippen molar-refractivity contribution in [3.63, 3.8) is 0 Å². The van der Waals surface area contributed by atoms with Gasteiger partial charge in [-0.25, -0.2) is 4.39 Å². The quantitative estimate of drug-likeness (QED) is 0.658. The molecule has 1 aromatic rings. The fourth-order valence-corrected chi connectivity index (χ4v) is 1.60. The zero-order valence-corrected chi connectivity index (χ0v) is 9.02. The third kappa shape index (κ3) is 1.98. The van der Waals surface area contributed by atoms with E-state index in [1.807, 2.05) is 19.1 Å². The maximum atomic E-state index is 13.0. The van der Waals surface area contributed by atoms with Gasteiger partial charge in [0.1, 0.15) is 6.67 Å². The number of hydrogen-bond donors (Lipinski definition) is 0. The number of rotatable bonds is 4. The van der Waals surface area contributed by atoms with Crippen LogP contribution in [0.2, 0.25) is 5.02 Å². The lowest BCUT2D eigenvalue weighted by atomic mass is 9.79. The molecule has 0 N–H and O–H groups in total. The molecule has 0 bridgehead atoms. The van der Waals surface area contributed by atoms with Crippen LogP contribution in [-0.2, 0) is 5.41 Å². The monoisotopic (exact) mass is 212 g/mol. The van der Waals surface area contributed by atoms with Gasteiger partial charge in [0.15, 0.2) is 0 Å². The van der Waals surface area contributed by atoms with E-state index in [0.29, 0.717) is 11.4 Å². The Kier molecular flexibility index (Phi) is 3.70. The van der Waals surface area contributed by atoms with Gasteiger partial charge in [-0.2, -0.15) is 0 Å². The van der Waals surface area contributed by atoms with Gasteiger partial charge in [0.05, 0.1) is 0 Å². The predicted molar refractivity (Wildman–Crippen MR) is 59.6 cm³/mol. The maximum absolute atomic E-state index is 13.0. The van der Waals surface area contributed by atoms with Crippen molar-refractivity contribution in [3.8, 4) is 0 Å². The highest BCUT2D eigenvalue weighted by Crippen LogP contribution is 2.30. The van der Waals surface area contributed by atoms with Crippen LogP contribution >= 0.6 is 11.6 Å². The minimum atomic E-state index is -0.551. The minimum absolute atomic E-state index is 0.422. The molecule has 0 aromatic heterocycles. The molecular weight excluding hydrogens is 199 g/mol. The average Bonchev–Trinajstić information content (AvgIpc) is 2.24. The van der Waals surface area contributed by atoms with Gasteiger partial charge < -0.3 is 0 Å². The Balaban J connectivity index is 3.11. The van der Waals surface area contributed by atoms with E-state index in [9.17, 15) is 4.39 Å². The molecule has 2 heteroatoms. The predicted octanol–water partition coefficient (Wildman–Crippen LogP) is 4.14. The molecule has 0 saturated carbocycles. The highest BCUT2D eigenvalue weighted by Gasteiger charge is 2.26. The number of halogens is 2. The van der Waals surface area contributed by atoms with Crippen LogP contribution in [0.25, 0.3) is 0 Å². The second-order valence-corrected chi connectivity index (χ2v) is 3.79. The Hall–Kier alpha value is -0.820. The van der Waals surface area contributed by atoms with Crippen molar-refractivity contribution in [2.45, 2.75) is 18.8 Å². The van der Waals surface area contributed by atoms with Crippen molar-refractivity contribution in [1.29, 1.82) is 0 Å². The molecule has 0 spiro atoms. The van der Waals surface area contributed by atoms with Gasteiger partial charge in [0.2, 0.25) is 0 Å². The van der Waals surface area contributed by atoms with Crippen LogP contribution in [0.4, 0.5) is 4.39 Å². The molecule has 0 saturated heterocycles. The van der Waals surface area contributed by atoms with Crippen molar-refractivity contribution >= 4 is 11.6 Å². The summed E-state index contributed by atoms with van der Waals surface area (Å²) in [6.07, 6.45) is 2.38. The van der Waals surface area contributed by atoms with Crippen molar-refractivity contribution in [1.82, 2.24) is 0 Å². The molecule has 0 aliphatic rings. The van der Waals surface area contributed by atoms with Gasteiger partial charge in [0.25, 0.3) is 0 Å². The Labute approximate surface area is 89.4 Å². The topological polar surface area (TPSA) is 0 Å². The summed E-state index contributed by atoms with van der Waals surface area (Å²) >= 11 is 5.77. The smallest absolute Gasteiger partial charge is 0.102 e. The van der Waals surface area contributed by atoms with Gasteiger partial charge in [-0.15, -0.1) is 6.58 Å². The van der Waals surface area contributed by atoms with Crippen molar-refractivity contribution in [2.24, 2.45) is 0 Å². The molecule has 0 aliphatic carbocycles. The molecule has 0 nitrogen and oxygen atoms in total. The first kappa shape index (κ1) is 11.3. The van der Waals surface area contributed by atoms with Gasteiger partial charge in [-0.1, -0.05) is 36.7 Å². The van der Waals surface area contributed by atoms with E-state index in [1.165, 1.54) is 0 Å². The summed E-state index contributed by atoms with van der Waals surface area (Å²) in [5.41, 5.74) is 0.381. The highest BCUT2D eigenvalue weighted by atomic mass is 35.5. The van der Waals surface area contributed by atoms with Crippen molar-refractivity contribution < 1.29 is 4.39 Å². The van der Waals surface area contributed by atoms with Crippen LogP contribution in [0.1, 0.15) is 18.9 Å².